The first kappa shape index (κ1) is 29.4. The molecule has 1 aromatic carbocycles. The summed E-state index contributed by atoms with van der Waals surface area (Å²) in [4.78, 5) is 54.2. The number of esters is 2. The first-order valence-electron chi connectivity index (χ1n) is 13.1. The molecule has 3 N–H and O–H groups in total. The van der Waals surface area contributed by atoms with E-state index in [1.54, 1.807) is 46.2 Å². The minimum Gasteiger partial charge on any atom is -0.466 e. The lowest BCUT2D eigenvalue weighted by Gasteiger charge is -2.25. The van der Waals surface area contributed by atoms with Crippen molar-refractivity contribution in [1.29, 1.82) is 0 Å². The number of aromatic amines is 1. The Morgan fingerprint density at radius 3 is 2.41 bits per heavy atom. The number of hydrogen-bond donors (Lipinski definition) is 3. The van der Waals surface area contributed by atoms with Crippen molar-refractivity contribution in [3.8, 4) is 5.69 Å². The Kier molecular flexibility index (Phi) is 9.86. The highest BCUT2D eigenvalue weighted by Crippen LogP contribution is 2.22. The van der Waals surface area contributed by atoms with Crippen molar-refractivity contribution in [2.45, 2.75) is 66.5 Å². The number of carbonyl (C=O) groups is 4. The maximum absolute atomic E-state index is 13.4. The number of nitrogens with zero attached hydrogens (tertiary/aromatic N) is 2. The molecule has 39 heavy (non-hydrogen) atoms. The van der Waals surface area contributed by atoms with Crippen LogP contribution in [0.1, 0.15) is 62.3 Å². The number of nitrogens with one attached hydrogen (secondary N) is 3. The van der Waals surface area contributed by atoms with Gasteiger partial charge in [0.2, 0.25) is 5.91 Å². The number of carbonyl (C=O) groups excluding carboxylic acids is 4. The SMILES string of the molecule is CCOC(=O)CC[C@@H](NC(=O)[C@@H](NC(=O)c1c(C)nn(-c2ccc3[nH]ccc3c2)c1C)C(C)C)C(=O)OCC. The fourth-order valence-electron chi connectivity index (χ4n) is 4.39. The molecule has 3 aromatic rings. The van der Waals surface area contributed by atoms with Gasteiger partial charge in [-0.2, -0.15) is 5.10 Å². The van der Waals surface area contributed by atoms with E-state index in [-0.39, 0.29) is 32.0 Å². The van der Waals surface area contributed by atoms with Crippen molar-refractivity contribution in [1.82, 2.24) is 25.4 Å². The Labute approximate surface area is 227 Å². The molecule has 0 aliphatic carbocycles. The topological polar surface area (TPSA) is 144 Å². The van der Waals surface area contributed by atoms with Crippen molar-refractivity contribution in [2.75, 3.05) is 13.2 Å². The second-order valence-corrected chi connectivity index (χ2v) is 9.56. The predicted octanol–water partition coefficient (Wildman–Crippen LogP) is 3.12. The number of amides is 2. The van der Waals surface area contributed by atoms with Crippen molar-refractivity contribution < 1.29 is 28.7 Å². The fourth-order valence-corrected chi connectivity index (χ4v) is 4.39. The summed E-state index contributed by atoms with van der Waals surface area (Å²) in [6, 6.07) is 5.78. The number of ether oxygens (including phenoxy) is 2. The maximum atomic E-state index is 13.4. The minimum atomic E-state index is -1.06. The van der Waals surface area contributed by atoms with Gasteiger partial charge >= 0.3 is 11.9 Å². The number of H-pyrrole nitrogens is 1. The molecule has 0 spiro atoms. The highest BCUT2D eigenvalue weighted by atomic mass is 16.5. The molecule has 0 unspecified atom stereocenters. The Balaban J connectivity index is 1.78. The van der Waals surface area contributed by atoms with E-state index in [2.05, 4.69) is 20.7 Å². The Morgan fingerprint density at radius 2 is 1.74 bits per heavy atom. The molecule has 2 atom stereocenters. The van der Waals surface area contributed by atoms with Crippen LogP contribution in [0, 0.1) is 19.8 Å². The normalized spacial score (nSPS) is 12.7. The summed E-state index contributed by atoms with van der Waals surface area (Å²) in [5.41, 5.74) is 3.31. The van der Waals surface area contributed by atoms with Gasteiger partial charge in [-0.25, -0.2) is 9.48 Å². The monoisotopic (exact) mass is 539 g/mol. The van der Waals surface area contributed by atoms with Gasteiger partial charge in [0.25, 0.3) is 5.91 Å². The third kappa shape index (κ3) is 7.04. The fraction of sp³-hybridized carbons (Fsp3) is 0.464. The summed E-state index contributed by atoms with van der Waals surface area (Å²) in [7, 11) is 0. The molecule has 2 amide bonds. The number of fused-ring (bicyclic) bond motifs is 1. The van der Waals surface area contributed by atoms with E-state index in [0.717, 1.165) is 16.6 Å². The highest BCUT2D eigenvalue weighted by molar-refractivity contribution is 6.00. The Morgan fingerprint density at radius 1 is 1.03 bits per heavy atom. The highest BCUT2D eigenvalue weighted by Gasteiger charge is 2.31. The standard InChI is InChI=1S/C28H37N5O6/c1-7-38-23(34)12-11-22(28(37)39-8-2)30-27(36)25(16(3)4)31-26(35)24-17(5)32-33(18(24)6)20-9-10-21-19(15-20)13-14-29-21/h9-10,13-16,22,25,29H,7-8,11-12H2,1-6H3,(H,30,36)(H,31,35)/t22-,25+/m1/s1. The molecule has 0 radical (unpaired) electrons. The Bertz CT molecular complexity index is 1340. The van der Waals surface area contributed by atoms with Crippen molar-refractivity contribution in [2.24, 2.45) is 5.92 Å². The van der Waals surface area contributed by atoms with E-state index in [9.17, 15) is 19.2 Å². The average Bonchev–Trinajstić information content (AvgIpc) is 3.47. The van der Waals surface area contributed by atoms with Gasteiger partial charge in [-0.1, -0.05) is 13.8 Å². The Hall–Kier alpha value is -4.15. The summed E-state index contributed by atoms with van der Waals surface area (Å²) in [6.07, 6.45) is 1.80. The lowest BCUT2D eigenvalue weighted by Crippen LogP contribution is -2.54. The summed E-state index contributed by atoms with van der Waals surface area (Å²) >= 11 is 0. The first-order chi connectivity index (χ1) is 18.6. The molecule has 0 aliphatic heterocycles. The molecule has 11 heteroatoms. The third-order valence-electron chi connectivity index (χ3n) is 6.37. The van der Waals surface area contributed by atoms with E-state index in [1.807, 2.05) is 30.5 Å². The molecule has 0 saturated carbocycles. The number of hydrogen-bond acceptors (Lipinski definition) is 7. The minimum absolute atomic E-state index is 0.0125. The third-order valence-corrected chi connectivity index (χ3v) is 6.37. The van der Waals surface area contributed by atoms with Gasteiger partial charge in [0, 0.05) is 23.5 Å². The molecule has 2 heterocycles. The van der Waals surface area contributed by atoms with Crippen LogP contribution in [-0.4, -0.2) is 63.8 Å². The first-order valence-corrected chi connectivity index (χ1v) is 13.1. The number of benzene rings is 1. The number of rotatable bonds is 12. The van der Waals surface area contributed by atoms with Crippen molar-refractivity contribution in [3.05, 3.63) is 47.4 Å². The molecule has 3 rings (SSSR count). The number of aryl methyl sites for hydroxylation is 1. The van der Waals surface area contributed by atoms with Gasteiger partial charge in [-0.3, -0.25) is 14.4 Å². The maximum Gasteiger partial charge on any atom is 0.328 e. The van der Waals surface area contributed by atoms with Gasteiger partial charge in [-0.15, -0.1) is 0 Å². The molecule has 11 nitrogen and oxygen atoms in total. The lowest BCUT2D eigenvalue weighted by molar-refractivity contribution is -0.149. The van der Waals surface area contributed by atoms with Crippen LogP contribution in [0.3, 0.4) is 0 Å². The zero-order chi connectivity index (χ0) is 28.7. The number of aromatic nitrogens is 3. The van der Waals surface area contributed by atoms with Crippen LogP contribution in [0.25, 0.3) is 16.6 Å². The zero-order valence-corrected chi connectivity index (χ0v) is 23.3. The molecular formula is C28H37N5O6. The molecule has 0 bridgehead atoms. The van der Waals surface area contributed by atoms with Gasteiger partial charge in [-0.05, 0) is 64.3 Å². The van der Waals surface area contributed by atoms with E-state index in [0.29, 0.717) is 17.0 Å². The van der Waals surface area contributed by atoms with E-state index in [1.165, 1.54) is 0 Å². The van der Waals surface area contributed by atoms with Crippen LogP contribution < -0.4 is 10.6 Å². The van der Waals surface area contributed by atoms with Crippen molar-refractivity contribution in [3.63, 3.8) is 0 Å². The lowest BCUT2D eigenvalue weighted by atomic mass is 10.0. The van der Waals surface area contributed by atoms with Gasteiger partial charge in [0.15, 0.2) is 0 Å². The van der Waals surface area contributed by atoms with Crippen LogP contribution >= 0.6 is 0 Å². The van der Waals surface area contributed by atoms with Crippen LogP contribution in [0.15, 0.2) is 30.5 Å². The van der Waals surface area contributed by atoms with Gasteiger partial charge < -0.3 is 25.1 Å². The summed E-state index contributed by atoms with van der Waals surface area (Å²) in [6.45, 7) is 10.8. The molecule has 0 aliphatic rings. The molecule has 0 fully saturated rings. The van der Waals surface area contributed by atoms with Crippen LogP contribution in [0.2, 0.25) is 0 Å². The van der Waals surface area contributed by atoms with E-state index < -0.39 is 35.8 Å². The quantitative estimate of drug-likeness (QED) is 0.300. The average molecular weight is 540 g/mol. The van der Waals surface area contributed by atoms with E-state index >= 15 is 0 Å². The summed E-state index contributed by atoms with van der Waals surface area (Å²) in [5.74, 6) is -2.44. The zero-order valence-electron chi connectivity index (χ0n) is 23.3. The van der Waals surface area contributed by atoms with E-state index in [4.69, 9.17) is 9.47 Å². The predicted molar refractivity (Wildman–Crippen MR) is 145 cm³/mol. The van der Waals surface area contributed by atoms with Crippen LogP contribution in [-0.2, 0) is 23.9 Å². The molecular weight excluding hydrogens is 502 g/mol. The van der Waals surface area contributed by atoms with Crippen molar-refractivity contribution >= 4 is 34.7 Å². The largest absolute Gasteiger partial charge is 0.466 e. The van der Waals surface area contributed by atoms with Gasteiger partial charge in [0.05, 0.1) is 35.9 Å². The molecule has 2 aromatic heterocycles. The molecule has 0 saturated heterocycles. The van der Waals surface area contributed by atoms with Crippen LogP contribution in [0.5, 0.6) is 0 Å². The summed E-state index contributed by atoms with van der Waals surface area (Å²) < 4.78 is 11.7. The van der Waals surface area contributed by atoms with Crippen LogP contribution in [0.4, 0.5) is 0 Å². The summed E-state index contributed by atoms with van der Waals surface area (Å²) in [5, 5.41) is 11.1. The second-order valence-electron chi connectivity index (χ2n) is 9.56. The smallest absolute Gasteiger partial charge is 0.328 e. The molecule has 210 valence electrons. The van der Waals surface area contributed by atoms with Gasteiger partial charge in [0.1, 0.15) is 12.1 Å². The second kappa shape index (κ2) is 13.1.